The number of carbonyl (C=O) groups is 2. The first-order valence-electron chi connectivity index (χ1n) is 5.50. The second kappa shape index (κ2) is 6.03. The number of carboxylic acids is 2. The Hall–Kier alpha value is -1.84. The van der Waals surface area contributed by atoms with Crippen LogP contribution in [-0.4, -0.2) is 22.2 Å². The van der Waals surface area contributed by atoms with Crippen molar-refractivity contribution in [3.05, 3.63) is 35.9 Å². The van der Waals surface area contributed by atoms with E-state index in [0.29, 0.717) is 6.42 Å². The molecule has 0 spiro atoms. The molecule has 1 aromatic carbocycles. The molecular formula is C13H16O4. The molecule has 4 heteroatoms. The first-order chi connectivity index (χ1) is 8.00. The molecule has 0 aliphatic carbocycles. The Morgan fingerprint density at radius 2 is 1.65 bits per heavy atom. The maximum Gasteiger partial charge on any atom is 0.317 e. The van der Waals surface area contributed by atoms with Crippen LogP contribution < -0.4 is 0 Å². The summed E-state index contributed by atoms with van der Waals surface area (Å²) in [7, 11) is 0. The molecule has 0 aliphatic rings. The minimum absolute atomic E-state index is 0.0228. The van der Waals surface area contributed by atoms with Gasteiger partial charge in [0.2, 0.25) is 0 Å². The SMILES string of the molecule is C[C@H](Cc1ccccc1)CC(C(=O)O)C(=O)O. The highest BCUT2D eigenvalue weighted by Gasteiger charge is 2.27. The zero-order valence-electron chi connectivity index (χ0n) is 9.67. The van der Waals surface area contributed by atoms with E-state index >= 15 is 0 Å². The molecule has 4 nitrogen and oxygen atoms in total. The van der Waals surface area contributed by atoms with Crippen molar-refractivity contribution in [3.63, 3.8) is 0 Å². The first-order valence-corrected chi connectivity index (χ1v) is 5.50. The van der Waals surface area contributed by atoms with Crippen LogP contribution in [0.5, 0.6) is 0 Å². The van der Waals surface area contributed by atoms with Crippen LogP contribution in [0.3, 0.4) is 0 Å². The molecule has 0 aliphatic heterocycles. The van der Waals surface area contributed by atoms with E-state index in [4.69, 9.17) is 10.2 Å². The Bertz CT molecular complexity index is 372. The standard InChI is InChI=1S/C13H16O4/c1-9(7-10-5-3-2-4-6-10)8-11(12(14)15)13(16)17/h2-6,9,11H,7-8H2,1H3,(H,14,15)(H,16,17)/t9-/m1/s1. The van der Waals surface area contributed by atoms with Gasteiger partial charge in [0.1, 0.15) is 0 Å². The summed E-state index contributed by atoms with van der Waals surface area (Å²) in [5.74, 6) is -3.82. The number of hydrogen-bond acceptors (Lipinski definition) is 2. The van der Waals surface area contributed by atoms with Gasteiger partial charge in [-0.2, -0.15) is 0 Å². The van der Waals surface area contributed by atoms with Gasteiger partial charge in [-0.15, -0.1) is 0 Å². The first kappa shape index (κ1) is 13.2. The van der Waals surface area contributed by atoms with Crippen molar-refractivity contribution in [1.82, 2.24) is 0 Å². The molecule has 0 radical (unpaired) electrons. The van der Waals surface area contributed by atoms with E-state index in [9.17, 15) is 9.59 Å². The van der Waals surface area contributed by atoms with Crippen molar-refractivity contribution in [3.8, 4) is 0 Å². The quantitative estimate of drug-likeness (QED) is 0.741. The minimum Gasteiger partial charge on any atom is -0.481 e. The average Bonchev–Trinajstić information content (AvgIpc) is 2.26. The number of aliphatic carboxylic acids is 2. The number of carboxylic acid groups (broad SMARTS) is 2. The molecule has 0 saturated carbocycles. The third-order valence-electron chi connectivity index (χ3n) is 2.66. The Balaban J connectivity index is 2.57. The Morgan fingerprint density at radius 3 is 2.12 bits per heavy atom. The van der Waals surface area contributed by atoms with E-state index in [1.54, 1.807) is 0 Å². The summed E-state index contributed by atoms with van der Waals surface area (Å²) in [6, 6.07) is 9.63. The van der Waals surface area contributed by atoms with Gasteiger partial charge in [0.05, 0.1) is 0 Å². The maximum atomic E-state index is 10.7. The number of rotatable bonds is 6. The Labute approximate surface area is 99.9 Å². The molecule has 0 bridgehead atoms. The van der Waals surface area contributed by atoms with Gasteiger partial charge in [0.25, 0.3) is 0 Å². The molecule has 17 heavy (non-hydrogen) atoms. The number of benzene rings is 1. The topological polar surface area (TPSA) is 74.6 Å². The smallest absolute Gasteiger partial charge is 0.317 e. The lowest BCUT2D eigenvalue weighted by molar-refractivity contribution is -0.155. The van der Waals surface area contributed by atoms with Gasteiger partial charge < -0.3 is 10.2 Å². The van der Waals surface area contributed by atoms with Crippen molar-refractivity contribution in [1.29, 1.82) is 0 Å². The van der Waals surface area contributed by atoms with Gasteiger partial charge in [0.15, 0.2) is 5.92 Å². The molecule has 2 N–H and O–H groups in total. The second-order valence-corrected chi connectivity index (χ2v) is 4.26. The summed E-state index contributed by atoms with van der Waals surface area (Å²) in [4.78, 5) is 21.5. The summed E-state index contributed by atoms with van der Waals surface area (Å²) in [6.07, 6.45) is 0.845. The predicted octanol–water partition coefficient (Wildman–Crippen LogP) is 2.04. The molecule has 1 atom stereocenters. The van der Waals surface area contributed by atoms with Crippen LogP contribution >= 0.6 is 0 Å². The lowest BCUT2D eigenvalue weighted by Crippen LogP contribution is -2.25. The molecule has 0 unspecified atom stereocenters. The number of hydrogen-bond donors (Lipinski definition) is 2. The predicted molar refractivity (Wildman–Crippen MR) is 62.7 cm³/mol. The molecule has 0 fully saturated rings. The molecule has 0 aromatic heterocycles. The fourth-order valence-corrected chi connectivity index (χ4v) is 1.81. The zero-order valence-corrected chi connectivity index (χ0v) is 9.67. The van der Waals surface area contributed by atoms with E-state index in [1.165, 1.54) is 0 Å². The largest absolute Gasteiger partial charge is 0.481 e. The summed E-state index contributed by atoms with van der Waals surface area (Å²) < 4.78 is 0. The van der Waals surface area contributed by atoms with Crippen LogP contribution in [0.25, 0.3) is 0 Å². The fourth-order valence-electron chi connectivity index (χ4n) is 1.81. The lowest BCUT2D eigenvalue weighted by Gasteiger charge is -2.14. The van der Waals surface area contributed by atoms with Gasteiger partial charge in [-0.3, -0.25) is 9.59 Å². The van der Waals surface area contributed by atoms with E-state index in [1.807, 2.05) is 37.3 Å². The van der Waals surface area contributed by atoms with Crippen LogP contribution in [-0.2, 0) is 16.0 Å². The van der Waals surface area contributed by atoms with Gasteiger partial charge in [-0.05, 0) is 24.3 Å². The molecule has 92 valence electrons. The highest BCUT2D eigenvalue weighted by molar-refractivity contribution is 5.92. The minimum atomic E-state index is -1.31. The summed E-state index contributed by atoms with van der Waals surface area (Å²) in [5, 5.41) is 17.6. The van der Waals surface area contributed by atoms with Crippen molar-refractivity contribution >= 4 is 11.9 Å². The zero-order chi connectivity index (χ0) is 12.8. The fraction of sp³-hybridized carbons (Fsp3) is 0.385. The van der Waals surface area contributed by atoms with Gasteiger partial charge in [-0.25, -0.2) is 0 Å². The molecule has 0 amide bonds. The van der Waals surface area contributed by atoms with Crippen molar-refractivity contribution in [2.45, 2.75) is 19.8 Å². The van der Waals surface area contributed by atoms with Crippen LogP contribution in [0.15, 0.2) is 30.3 Å². The monoisotopic (exact) mass is 236 g/mol. The van der Waals surface area contributed by atoms with E-state index in [0.717, 1.165) is 5.56 Å². The molecule has 0 saturated heterocycles. The summed E-state index contributed by atoms with van der Waals surface area (Å²) in [5.41, 5.74) is 1.09. The van der Waals surface area contributed by atoms with Crippen LogP contribution in [0.2, 0.25) is 0 Å². The van der Waals surface area contributed by atoms with Crippen molar-refractivity contribution < 1.29 is 19.8 Å². The highest BCUT2D eigenvalue weighted by atomic mass is 16.4. The maximum absolute atomic E-state index is 10.7. The Morgan fingerprint density at radius 1 is 1.12 bits per heavy atom. The normalized spacial score (nSPS) is 12.4. The molecular weight excluding hydrogens is 220 g/mol. The Kier molecular flexibility index (Phi) is 4.69. The van der Waals surface area contributed by atoms with Gasteiger partial charge >= 0.3 is 11.9 Å². The van der Waals surface area contributed by atoms with E-state index in [-0.39, 0.29) is 12.3 Å². The lowest BCUT2D eigenvalue weighted by atomic mass is 9.91. The summed E-state index contributed by atoms with van der Waals surface area (Å²) in [6.45, 7) is 1.87. The van der Waals surface area contributed by atoms with Crippen LogP contribution in [0.1, 0.15) is 18.9 Å². The van der Waals surface area contributed by atoms with E-state index < -0.39 is 17.9 Å². The molecule has 0 heterocycles. The van der Waals surface area contributed by atoms with Crippen molar-refractivity contribution in [2.24, 2.45) is 11.8 Å². The third-order valence-corrected chi connectivity index (χ3v) is 2.66. The van der Waals surface area contributed by atoms with E-state index in [2.05, 4.69) is 0 Å². The van der Waals surface area contributed by atoms with Crippen molar-refractivity contribution in [2.75, 3.05) is 0 Å². The van der Waals surface area contributed by atoms with Crippen LogP contribution in [0, 0.1) is 11.8 Å². The third kappa shape index (κ3) is 4.26. The molecule has 1 rings (SSSR count). The van der Waals surface area contributed by atoms with Gasteiger partial charge in [0, 0.05) is 0 Å². The summed E-state index contributed by atoms with van der Waals surface area (Å²) >= 11 is 0. The molecule has 1 aromatic rings. The van der Waals surface area contributed by atoms with Gasteiger partial charge in [-0.1, -0.05) is 37.3 Å². The van der Waals surface area contributed by atoms with Crippen LogP contribution in [0.4, 0.5) is 0 Å². The second-order valence-electron chi connectivity index (χ2n) is 4.26. The highest BCUT2D eigenvalue weighted by Crippen LogP contribution is 2.17. The average molecular weight is 236 g/mol.